The van der Waals surface area contributed by atoms with Crippen LogP contribution in [-0.4, -0.2) is 60.7 Å². The summed E-state index contributed by atoms with van der Waals surface area (Å²) in [5, 5.41) is 10.2. The third-order valence-electron chi connectivity index (χ3n) is 4.29. The van der Waals surface area contributed by atoms with Crippen molar-refractivity contribution in [3.63, 3.8) is 0 Å². The van der Waals surface area contributed by atoms with Crippen LogP contribution in [0.1, 0.15) is 24.4 Å². The number of nitrogens with zero attached hydrogens (tertiary/aromatic N) is 2. The average molecular weight is 348 g/mol. The van der Waals surface area contributed by atoms with Gasteiger partial charge in [0.25, 0.3) is 0 Å². The summed E-state index contributed by atoms with van der Waals surface area (Å²) in [5.74, 6) is -0.892. The van der Waals surface area contributed by atoms with E-state index < -0.39 is 29.9 Å². The molecule has 2 atom stereocenters. The number of alkyl halides is 3. The maximum Gasteiger partial charge on any atom is 0.425 e. The van der Waals surface area contributed by atoms with Gasteiger partial charge in [-0.1, -0.05) is 0 Å². The largest absolute Gasteiger partial charge is 0.463 e. The number of likely N-dealkylation sites (tertiary alicyclic amines) is 1. The first kappa shape index (κ1) is 18.8. The Labute approximate surface area is 139 Å². The molecule has 1 N–H and O–H groups in total. The van der Waals surface area contributed by atoms with Gasteiger partial charge in [-0.25, -0.2) is 0 Å². The zero-order chi connectivity index (χ0) is 18.1. The topological polar surface area (TPSA) is 56.9 Å². The van der Waals surface area contributed by atoms with Crippen LogP contribution in [0.3, 0.4) is 0 Å². The minimum absolute atomic E-state index is 0.230. The molecule has 2 rings (SSSR count). The normalized spacial score (nSPS) is 21.3. The molecule has 8 heteroatoms. The number of carbonyl (C=O) groups excluding carboxylic acids is 1. The minimum Gasteiger partial charge on any atom is -0.463 e. The highest BCUT2D eigenvalue weighted by Crippen LogP contribution is 2.42. The quantitative estimate of drug-likeness (QED) is 0.886. The lowest BCUT2D eigenvalue weighted by atomic mass is 9.95. The summed E-state index contributed by atoms with van der Waals surface area (Å²) in [6.07, 6.45) is -5.33. The van der Waals surface area contributed by atoms with Crippen LogP contribution in [0.5, 0.6) is 0 Å². The zero-order valence-corrected chi connectivity index (χ0v) is 14.1. The van der Waals surface area contributed by atoms with Gasteiger partial charge in [-0.2, -0.15) is 13.2 Å². The number of carbonyl (C=O) groups is 1. The number of aryl methyl sites for hydroxylation is 1. The molecule has 0 aromatic carbocycles. The zero-order valence-electron chi connectivity index (χ0n) is 14.1. The Hall–Kier alpha value is -1.54. The second kappa shape index (κ2) is 6.76. The average Bonchev–Trinajstić information content (AvgIpc) is 3.06. The number of furan rings is 1. The SMILES string of the molecule is Cc1ccc(C(O)(CC(=O)N2CCC(CN(C)C)C2)C(F)(F)F)o1. The molecule has 1 saturated heterocycles. The van der Waals surface area contributed by atoms with E-state index in [9.17, 15) is 23.1 Å². The Morgan fingerprint density at radius 3 is 2.58 bits per heavy atom. The second-order valence-corrected chi connectivity index (χ2v) is 6.70. The number of aliphatic hydroxyl groups is 1. The molecule has 24 heavy (non-hydrogen) atoms. The number of hydrogen-bond donors (Lipinski definition) is 1. The van der Waals surface area contributed by atoms with Gasteiger partial charge in [0.15, 0.2) is 0 Å². The maximum absolute atomic E-state index is 13.4. The summed E-state index contributed by atoms with van der Waals surface area (Å²) in [7, 11) is 3.82. The van der Waals surface area contributed by atoms with Gasteiger partial charge in [-0.3, -0.25) is 4.79 Å². The van der Waals surface area contributed by atoms with Crippen molar-refractivity contribution < 1.29 is 27.5 Å². The van der Waals surface area contributed by atoms with E-state index in [4.69, 9.17) is 4.42 Å². The fourth-order valence-corrected chi connectivity index (χ4v) is 3.04. The van der Waals surface area contributed by atoms with Crippen molar-refractivity contribution in [1.29, 1.82) is 0 Å². The fraction of sp³-hybridized carbons (Fsp3) is 0.688. The van der Waals surface area contributed by atoms with Crippen molar-refractivity contribution in [3.05, 3.63) is 23.7 Å². The third-order valence-corrected chi connectivity index (χ3v) is 4.29. The smallest absolute Gasteiger partial charge is 0.425 e. The summed E-state index contributed by atoms with van der Waals surface area (Å²) >= 11 is 0. The first-order chi connectivity index (χ1) is 11.0. The molecule has 2 unspecified atom stereocenters. The summed E-state index contributed by atoms with van der Waals surface area (Å²) < 4.78 is 45.2. The van der Waals surface area contributed by atoms with E-state index in [0.717, 1.165) is 19.0 Å². The van der Waals surface area contributed by atoms with Gasteiger partial charge >= 0.3 is 6.18 Å². The molecule has 0 aliphatic carbocycles. The first-order valence-electron chi connectivity index (χ1n) is 7.81. The van der Waals surface area contributed by atoms with Gasteiger partial charge in [-0.15, -0.1) is 0 Å². The molecule has 5 nitrogen and oxygen atoms in total. The number of halogens is 3. The fourth-order valence-electron chi connectivity index (χ4n) is 3.04. The molecule has 1 amide bonds. The molecule has 0 radical (unpaired) electrons. The maximum atomic E-state index is 13.4. The number of rotatable bonds is 5. The van der Waals surface area contributed by atoms with E-state index in [1.807, 2.05) is 19.0 Å². The van der Waals surface area contributed by atoms with Crippen molar-refractivity contribution in [2.75, 3.05) is 33.7 Å². The highest BCUT2D eigenvalue weighted by molar-refractivity contribution is 5.78. The van der Waals surface area contributed by atoms with Crippen LogP contribution < -0.4 is 0 Å². The summed E-state index contributed by atoms with van der Waals surface area (Å²) in [6.45, 7) is 3.06. The molecule has 0 spiro atoms. The highest BCUT2D eigenvalue weighted by Gasteiger charge is 2.58. The Morgan fingerprint density at radius 2 is 2.08 bits per heavy atom. The van der Waals surface area contributed by atoms with Crippen molar-refractivity contribution >= 4 is 5.91 Å². The summed E-state index contributed by atoms with van der Waals surface area (Å²) in [6, 6.07) is 2.40. The lowest BCUT2D eigenvalue weighted by molar-refractivity contribution is -0.274. The monoisotopic (exact) mass is 348 g/mol. The van der Waals surface area contributed by atoms with Crippen molar-refractivity contribution in [1.82, 2.24) is 9.80 Å². The van der Waals surface area contributed by atoms with Crippen molar-refractivity contribution in [3.8, 4) is 0 Å². The van der Waals surface area contributed by atoms with Crippen LogP contribution in [0.15, 0.2) is 16.5 Å². The Morgan fingerprint density at radius 1 is 1.42 bits per heavy atom. The Kier molecular flexibility index (Phi) is 5.29. The minimum atomic E-state index is -5.00. The molecule has 1 aromatic heterocycles. The second-order valence-electron chi connectivity index (χ2n) is 6.70. The van der Waals surface area contributed by atoms with Crippen LogP contribution in [-0.2, 0) is 10.4 Å². The Balaban J connectivity index is 2.12. The molecule has 0 bridgehead atoms. The first-order valence-corrected chi connectivity index (χ1v) is 7.81. The van der Waals surface area contributed by atoms with Crippen LogP contribution in [0, 0.1) is 12.8 Å². The predicted molar refractivity (Wildman–Crippen MR) is 81.3 cm³/mol. The molecular formula is C16H23F3N2O3. The summed E-state index contributed by atoms with van der Waals surface area (Å²) in [4.78, 5) is 15.7. The lowest BCUT2D eigenvalue weighted by Gasteiger charge is -2.30. The lowest BCUT2D eigenvalue weighted by Crippen LogP contribution is -2.46. The predicted octanol–water partition coefficient (Wildman–Crippen LogP) is 2.14. The highest BCUT2D eigenvalue weighted by atomic mass is 19.4. The van der Waals surface area contributed by atoms with E-state index in [0.29, 0.717) is 13.1 Å². The van der Waals surface area contributed by atoms with Gasteiger partial charge in [0, 0.05) is 19.6 Å². The van der Waals surface area contributed by atoms with E-state index in [-0.39, 0.29) is 11.7 Å². The molecular weight excluding hydrogens is 325 g/mol. The number of hydrogen-bond acceptors (Lipinski definition) is 4. The standard InChI is InChI=1S/C16H23F3N2O3/c1-11-4-5-13(24-11)15(23,16(17,18)19)8-14(22)21-7-6-12(10-21)9-20(2)3/h4-5,12,23H,6-10H2,1-3H3. The van der Waals surface area contributed by atoms with Gasteiger partial charge in [0.1, 0.15) is 11.5 Å². The van der Waals surface area contributed by atoms with E-state index in [1.165, 1.54) is 17.9 Å². The molecule has 1 aliphatic heterocycles. The van der Waals surface area contributed by atoms with Crippen LogP contribution in [0.25, 0.3) is 0 Å². The third kappa shape index (κ3) is 3.92. The van der Waals surface area contributed by atoms with Crippen LogP contribution in [0.4, 0.5) is 13.2 Å². The summed E-state index contributed by atoms with van der Waals surface area (Å²) in [5.41, 5.74) is -3.31. The molecule has 2 heterocycles. The van der Waals surface area contributed by atoms with Gasteiger partial charge < -0.3 is 19.3 Å². The molecule has 1 aromatic rings. The van der Waals surface area contributed by atoms with E-state index >= 15 is 0 Å². The molecule has 1 fully saturated rings. The van der Waals surface area contributed by atoms with Crippen LogP contribution in [0.2, 0.25) is 0 Å². The van der Waals surface area contributed by atoms with Gasteiger partial charge in [-0.05, 0) is 45.5 Å². The van der Waals surface area contributed by atoms with Crippen molar-refractivity contribution in [2.24, 2.45) is 5.92 Å². The Bertz CT molecular complexity index is 585. The molecule has 1 aliphatic rings. The number of amides is 1. The van der Waals surface area contributed by atoms with Crippen molar-refractivity contribution in [2.45, 2.75) is 31.5 Å². The van der Waals surface area contributed by atoms with E-state index in [1.54, 1.807) is 0 Å². The van der Waals surface area contributed by atoms with Gasteiger partial charge in [0.05, 0.1) is 6.42 Å². The molecule has 136 valence electrons. The van der Waals surface area contributed by atoms with Crippen LogP contribution >= 0.6 is 0 Å². The van der Waals surface area contributed by atoms with E-state index in [2.05, 4.69) is 0 Å². The molecule has 0 saturated carbocycles. The van der Waals surface area contributed by atoms with Gasteiger partial charge in [0.2, 0.25) is 11.5 Å².